The van der Waals surface area contributed by atoms with E-state index >= 15 is 0 Å². The number of carbonyl (C=O) groups is 2. The molecule has 0 spiro atoms. The van der Waals surface area contributed by atoms with Gasteiger partial charge in [0.15, 0.2) is 11.5 Å². The van der Waals surface area contributed by atoms with Gasteiger partial charge in [0.2, 0.25) is 5.91 Å². The lowest BCUT2D eigenvalue weighted by atomic mass is 10.2. The third-order valence-electron chi connectivity index (χ3n) is 5.77. The van der Waals surface area contributed by atoms with Crippen molar-refractivity contribution in [2.24, 2.45) is 0 Å². The van der Waals surface area contributed by atoms with Gasteiger partial charge in [-0.1, -0.05) is 12.8 Å². The Kier molecular flexibility index (Phi) is 8.19. The fraction of sp³-hybridized carbons (Fsp3) is 0.636. The van der Waals surface area contributed by atoms with Gasteiger partial charge in [0.25, 0.3) is 0 Å². The molecule has 1 unspecified atom stereocenters. The molecule has 0 bridgehead atoms. The molecule has 30 heavy (non-hydrogen) atoms. The summed E-state index contributed by atoms with van der Waals surface area (Å²) in [7, 11) is 3.14. The van der Waals surface area contributed by atoms with Gasteiger partial charge in [0.1, 0.15) is 0 Å². The minimum atomic E-state index is -0.212. The van der Waals surface area contributed by atoms with Crippen molar-refractivity contribution in [2.45, 2.75) is 44.6 Å². The van der Waals surface area contributed by atoms with Crippen molar-refractivity contribution in [3.8, 4) is 11.5 Å². The zero-order chi connectivity index (χ0) is 21.3. The predicted octanol–water partition coefficient (Wildman–Crippen LogP) is 2.37. The van der Waals surface area contributed by atoms with E-state index in [1.807, 2.05) is 6.07 Å². The zero-order valence-corrected chi connectivity index (χ0v) is 18.1. The van der Waals surface area contributed by atoms with E-state index in [1.54, 1.807) is 31.3 Å². The first-order valence-electron chi connectivity index (χ1n) is 10.9. The molecule has 0 aromatic heterocycles. The van der Waals surface area contributed by atoms with Gasteiger partial charge < -0.3 is 29.9 Å². The molecule has 3 rings (SSSR count). The molecule has 2 saturated heterocycles. The maximum atomic E-state index is 12.5. The Balaban J connectivity index is 1.42. The quantitative estimate of drug-likeness (QED) is 0.634. The summed E-state index contributed by atoms with van der Waals surface area (Å²) in [5.41, 5.74) is 0.736. The number of benzene rings is 1. The van der Waals surface area contributed by atoms with Gasteiger partial charge in [0.05, 0.1) is 20.3 Å². The normalized spacial score (nSPS) is 20.0. The van der Waals surface area contributed by atoms with Crippen molar-refractivity contribution in [2.75, 3.05) is 51.8 Å². The van der Waals surface area contributed by atoms with Crippen LogP contribution in [0.2, 0.25) is 0 Å². The van der Waals surface area contributed by atoms with Gasteiger partial charge in [-0.25, -0.2) is 4.79 Å². The smallest absolute Gasteiger partial charge is 0.315 e. The molecule has 0 aliphatic carbocycles. The molecule has 1 atom stereocenters. The van der Waals surface area contributed by atoms with Gasteiger partial charge in [0, 0.05) is 31.3 Å². The number of nitrogens with one attached hydrogen (secondary N) is 2. The summed E-state index contributed by atoms with van der Waals surface area (Å²) >= 11 is 0. The summed E-state index contributed by atoms with van der Waals surface area (Å²) in [6, 6.07) is 4.96. The van der Waals surface area contributed by atoms with Crippen LogP contribution in [-0.2, 0) is 4.79 Å². The van der Waals surface area contributed by atoms with Crippen LogP contribution in [0.3, 0.4) is 0 Å². The van der Waals surface area contributed by atoms with Crippen molar-refractivity contribution in [3.63, 3.8) is 0 Å². The van der Waals surface area contributed by atoms with E-state index in [-0.39, 0.29) is 24.4 Å². The number of methoxy groups -OCH3 is 2. The third kappa shape index (κ3) is 6.01. The van der Waals surface area contributed by atoms with Crippen molar-refractivity contribution >= 4 is 17.6 Å². The first kappa shape index (κ1) is 22.2. The molecule has 166 valence electrons. The lowest BCUT2D eigenvalue weighted by Gasteiger charge is -2.20. The minimum absolute atomic E-state index is 0.0197. The summed E-state index contributed by atoms with van der Waals surface area (Å²) in [5.74, 6) is 1.16. The maximum absolute atomic E-state index is 12.5. The zero-order valence-electron chi connectivity index (χ0n) is 18.1. The number of ether oxygens (including phenoxy) is 2. The predicted molar refractivity (Wildman–Crippen MR) is 116 cm³/mol. The Morgan fingerprint density at radius 1 is 1.10 bits per heavy atom. The molecule has 2 fully saturated rings. The van der Waals surface area contributed by atoms with Gasteiger partial charge in [-0.2, -0.15) is 0 Å². The van der Waals surface area contributed by atoms with Gasteiger partial charge in [-0.3, -0.25) is 4.79 Å². The van der Waals surface area contributed by atoms with E-state index in [9.17, 15) is 9.59 Å². The SMILES string of the molecule is COc1ccc(N2CC(NC(=O)NCCCN3CCCCCC3)CC2=O)cc1OC. The lowest BCUT2D eigenvalue weighted by molar-refractivity contribution is -0.117. The molecular weight excluding hydrogens is 384 g/mol. The first-order chi connectivity index (χ1) is 14.6. The van der Waals surface area contributed by atoms with Crippen molar-refractivity contribution in [1.82, 2.24) is 15.5 Å². The van der Waals surface area contributed by atoms with Crippen molar-refractivity contribution in [3.05, 3.63) is 18.2 Å². The van der Waals surface area contributed by atoms with Crippen LogP contribution < -0.4 is 25.0 Å². The Morgan fingerprint density at radius 3 is 2.53 bits per heavy atom. The average molecular weight is 419 g/mol. The molecule has 8 heteroatoms. The highest BCUT2D eigenvalue weighted by Gasteiger charge is 2.32. The van der Waals surface area contributed by atoms with Crippen LogP contribution in [0.25, 0.3) is 0 Å². The van der Waals surface area contributed by atoms with Crippen LogP contribution in [0.4, 0.5) is 10.5 Å². The van der Waals surface area contributed by atoms with Crippen LogP contribution in [0.15, 0.2) is 18.2 Å². The highest BCUT2D eigenvalue weighted by atomic mass is 16.5. The fourth-order valence-electron chi connectivity index (χ4n) is 4.15. The number of rotatable bonds is 8. The van der Waals surface area contributed by atoms with Crippen molar-refractivity contribution < 1.29 is 19.1 Å². The second-order valence-corrected chi connectivity index (χ2v) is 7.95. The monoisotopic (exact) mass is 418 g/mol. The van der Waals surface area contributed by atoms with Crippen LogP contribution in [0.1, 0.15) is 38.5 Å². The van der Waals surface area contributed by atoms with E-state index in [4.69, 9.17) is 9.47 Å². The summed E-state index contributed by atoms with van der Waals surface area (Å²) in [6.07, 6.45) is 6.44. The molecule has 8 nitrogen and oxygen atoms in total. The van der Waals surface area contributed by atoms with Crippen LogP contribution in [-0.4, -0.2) is 69.8 Å². The summed E-state index contributed by atoms with van der Waals surface area (Å²) in [6.45, 7) is 4.44. The number of carbonyl (C=O) groups excluding carboxylic acids is 2. The second kappa shape index (κ2) is 11.1. The third-order valence-corrected chi connectivity index (χ3v) is 5.77. The number of urea groups is 1. The molecule has 2 aliphatic heterocycles. The van der Waals surface area contributed by atoms with Crippen LogP contribution in [0, 0.1) is 0 Å². The molecule has 1 aromatic rings. The minimum Gasteiger partial charge on any atom is -0.493 e. The van der Waals surface area contributed by atoms with Crippen molar-refractivity contribution in [1.29, 1.82) is 0 Å². The fourth-order valence-corrected chi connectivity index (χ4v) is 4.15. The van der Waals surface area contributed by atoms with E-state index in [0.29, 0.717) is 24.6 Å². The Labute approximate surface area is 178 Å². The van der Waals surface area contributed by atoms with Crippen LogP contribution in [0.5, 0.6) is 11.5 Å². The molecule has 3 amide bonds. The molecule has 2 aliphatic rings. The van der Waals surface area contributed by atoms with Gasteiger partial charge in [-0.15, -0.1) is 0 Å². The van der Waals surface area contributed by atoms with E-state index in [2.05, 4.69) is 15.5 Å². The van der Waals surface area contributed by atoms with Gasteiger partial charge in [-0.05, 0) is 51.0 Å². The number of hydrogen-bond donors (Lipinski definition) is 2. The van der Waals surface area contributed by atoms with E-state index < -0.39 is 0 Å². The molecule has 2 heterocycles. The highest BCUT2D eigenvalue weighted by Crippen LogP contribution is 2.33. The number of amides is 3. The number of nitrogens with zero attached hydrogens (tertiary/aromatic N) is 2. The Hall–Kier alpha value is -2.48. The largest absolute Gasteiger partial charge is 0.493 e. The van der Waals surface area contributed by atoms with Crippen LogP contribution >= 0.6 is 0 Å². The lowest BCUT2D eigenvalue weighted by Crippen LogP contribution is -2.44. The second-order valence-electron chi connectivity index (χ2n) is 7.95. The molecule has 2 N–H and O–H groups in total. The maximum Gasteiger partial charge on any atom is 0.315 e. The van der Waals surface area contributed by atoms with E-state index in [1.165, 1.54) is 38.8 Å². The molecular formula is C22H34N4O4. The number of hydrogen-bond acceptors (Lipinski definition) is 5. The molecule has 0 radical (unpaired) electrons. The first-order valence-corrected chi connectivity index (χ1v) is 10.9. The van der Waals surface area contributed by atoms with E-state index in [0.717, 1.165) is 18.7 Å². The van der Waals surface area contributed by atoms with Gasteiger partial charge >= 0.3 is 6.03 Å². The summed E-state index contributed by atoms with van der Waals surface area (Å²) in [4.78, 5) is 28.9. The summed E-state index contributed by atoms with van der Waals surface area (Å²) in [5, 5.41) is 5.85. The summed E-state index contributed by atoms with van der Waals surface area (Å²) < 4.78 is 10.6. The Morgan fingerprint density at radius 2 is 1.83 bits per heavy atom. The molecule has 1 aromatic carbocycles. The standard InChI is InChI=1S/C22H34N4O4/c1-29-19-9-8-18(15-20(19)30-2)26-16-17(14-21(26)27)24-22(28)23-10-7-13-25-11-5-3-4-6-12-25/h8-9,15,17H,3-7,10-14,16H2,1-2H3,(H2,23,24,28). The number of anilines is 1. The highest BCUT2D eigenvalue weighted by molar-refractivity contribution is 5.97. The Bertz CT molecular complexity index is 719. The number of likely N-dealkylation sites (tertiary alicyclic amines) is 1. The average Bonchev–Trinajstić information content (AvgIpc) is 2.94. The topological polar surface area (TPSA) is 83.1 Å². The molecule has 0 saturated carbocycles.